The highest BCUT2D eigenvalue weighted by Crippen LogP contribution is 2.32. The highest BCUT2D eigenvalue weighted by atomic mass is 16.5. The number of nitrogens with one attached hydrogen (secondary N) is 1. The first-order chi connectivity index (χ1) is 17.6. The molecular weight excluding hydrogens is 454 g/mol. The van der Waals surface area contributed by atoms with Crippen LogP contribution in [0.5, 0.6) is 5.75 Å². The maximum absolute atomic E-state index is 6.35. The second-order valence-corrected chi connectivity index (χ2v) is 8.94. The van der Waals surface area contributed by atoms with Crippen molar-refractivity contribution in [3.63, 3.8) is 0 Å². The van der Waals surface area contributed by atoms with Gasteiger partial charge >= 0.3 is 0 Å². The van der Waals surface area contributed by atoms with E-state index in [9.17, 15) is 0 Å². The Bertz CT molecular complexity index is 1320. The maximum Gasteiger partial charge on any atom is 0.229 e. The number of nitrogens with two attached hydrogens (primary N) is 1. The molecule has 9 heteroatoms. The largest absolute Gasteiger partial charge is 0.492 e. The summed E-state index contributed by atoms with van der Waals surface area (Å²) < 4.78 is 11.4. The van der Waals surface area contributed by atoms with Crippen LogP contribution in [0.15, 0.2) is 60.8 Å². The summed E-state index contributed by atoms with van der Waals surface area (Å²) in [6.45, 7) is 4.59. The van der Waals surface area contributed by atoms with Gasteiger partial charge in [0, 0.05) is 30.6 Å². The average Bonchev–Trinajstić information content (AvgIpc) is 2.89. The average molecular weight is 486 g/mol. The van der Waals surface area contributed by atoms with E-state index in [0.717, 1.165) is 72.1 Å². The highest BCUT2D eigenvalue weighted by molar-refractivity contribution is 5.99. The van der Waals surface area contributed by atoms with Crippen LogP contribution in [-0.4, -0.2) is 73.4 Å². The van der Waals surface area contributed by atoms with E-state index in [4.69, 9.17) is 20.2 Å². The van der Waals surface area contributed by atoms with E-state index in [-0.39, 0.29) is 0 Å². The first-order valence-electron chi connectivity index (χ1n) is 12.1. The summed E-state index contributed by atoms with van der Waals surface area (Å²) in [6.07, 6.45) is 1.79. The van der Waals surface area contributed by atoms with Crippen molar-refractivity contribution < 1.29 is 9.47 Å². The van der Waals surface area contributed by atoms with Gasteiger partial charge in [-0.25, -0.2) is 9.97 Å². The third-order valence-electron chi connectivity index (χ3n) is 6.05. The molecule has 5 rings (SSSR count). The number of nitrogen functional groups attached to an aromatic ring is 1. The molecule has 1 fully saturated rings. The molecular formula is C27H31N7O2. The summed E-state index contributed by atoms with van der Waals surface area (Å²) in [7, 11) is 4.06. The molecule has 3 heterocycles. The van der Waals surface area contributed by atoms with Crippen LogP contribution >= 0.6 is 0 Å². The van der Waals surface area contributed by atoms with Crippen molar-refractivity contribution in [2.24, 2.45) is 0 Å². The van der Waals surface area contributed by atoms with Crippen molar-refractivity contribution in [3.05, 3.63) is 60.8 Å². The van der Waals surface area contributed by atoms with Crippen LogP contribution in [0.1, 0.15) is 0 Å². The van der Waals surface area contributed by atoms with Crippen LogP contribution in [0.2, 0.25) is 0 Å². The van der Waals surface area contributed by atoms with E-state index in [1.807, 2.05) is 68.7 Å². The predicted molar refractivity (Wildman–Crippen MR) is 144 cm³/mol. The number of morpholine rings is 1. The van der Waals surface area contributed by atoms with Crippen LogP contribution in [0.25, 0.3) is 22.0 Å². The summed E-state index contributed by atoms with van der Waals surface area (Å²) >= 11 is 0. The van der Waals surface area contributed by atoms with Crippen LogP contribution in [0.4, 0.5) is 23.3 Å². The van der Waals surface area contributed by atoms with Crippen LogP contribution in [-0.2, 0) is 4.74 Å². The van der Waals surface area contributed by atoms with Gasteiger partial charge in [0.25, 0.3) is 0 Å². The number of hydrogen-bond donors (Lipinski definition) is 2. The van der Waals surface area contributed by atoms with Crippen LogP contribution in [0.3, 0.4) is 0 Å². The fourth-order valence-corrected chi connectivity index (χ4v) is 4.13. The Morgan fingerprint density at radius 1 is 1.06 bits per heavy atom. The number of pyridine rings is 1. The molecule has 0 saturated carbocycles. The molecule has 4 aromatic rings. The Kier molecular flexibility index (Phi) is 7.11. The SMILES string of the molecule is CN(C)CCOc1cccc(-c2cccc3c(N)nc(Nc4ccc(N5CCOCC5)nc4)nc23)c1. The number of nitrogens with zero attached hydrogens (tertiary/aromatic N) is 5. The minimum Gasteiger partial charge on any atom is -0.492 e. The monoisotopic (exact) mass is 485 g/mol. The lowest BCUT2D eigenvalue weighted by Crippen LogP contribution is -2.36. The van der Waals surface area contributed by atoms with E-state index < -0.39 is 0 Å². The van der Waals surface area contributed by atoms with Gasteiger partial charge in [0.05, 0.1) is 30.6 Å². The molecule has 0 unspecified atom stereocenters. The maximum atomic E-state index is 6.35. The Labute approximate surface area is 210 Å². The number of hydrogen-bond acceptors (Lipinski definition) is 9. The van der Waals surface area contributed by atoms with E-state index in [1.165, 1.54) is 0 Å². The summed E-state index contributed by atoms with van der Waals surface area (Å²) in [5.41, 5.74) is 9.88. The summed E-state index contributed by atoms with van der Waals surface area (Å²) in [5, 5.41) is 4.06. The standard InChI is InChI=1S/C27H31N7O2/c1-33(2)11-16-36-21-6-3-5-19(17-21)22-7-4-8-23-25(22)31-27(32-26(23)28)30-20-9-10-24(29-18-20)34-12-14-35-15-13-34/h3-10,17-18H,11-16H2,1-2H3,(H3,28,30,31,32). The van der Waals surface area contributed by atoms with Crippen LogP contribution in [0, 0.1) is 0 Å². The molecule has 3 N–H and O–H groups in total. The second kappa shape index (κ2) is 10.8. The van der Waals surface area contributed by atoms with Crippen molar-refractivity contribution in [2.75, 3.05) is 69.5 Å². The van der Waals surface area contributed by atoms with E-state index in [0.29, 0.717) is 18.4 Å². The number of ether oxygens (including phenoxy) is 2. The topological polar surface area (TPSA) is 102 Å². The Morgan fingerprint density at radius 2 is 1.89 bits per heavy atom. The number of rotatable bonds is 8. The Balaban J connectivity index is 1.41. The Hall–Kier alpha value is -3.95. The van der Waals surface area contributed by atoms with Crippen molar-refractivity contribution in [1.82, 2.24) is 19.9 Å². The first-order valence-corrected chi connectivity index (χ1v) is 12.1. The number of likely N-dealkylation sites (N-methyl/N-ethyl adjacent to an activating group) is 1. The van der Waals surface area contributed by atoms with E-state index >= 15 is 0 Å². The van der Waals surface area contributed by atoms with Gasteiger partial charge in [-0.05, 0) is 50.0 Å². The van der Waals surface area contributed by atoms with Crippen molar-refractivity contribution in [2.45, 2.75) is 0 Å². The van der Waals surface area contributed by atoms with E-state index in [2.05, 4.69) is 25.1 Å². The number of aromatic nitrogens is 3. The van der Waals surface area contributed by atoms with Gasteiger partial charge in [0.2, 0.25) is 5.95 Å². The van der Waals surface area contributed by atoms with Crippen molar-refractivity contribution in [3.8, 4) is 16.9 Å². The van der Waals surface area contributed by atoms with Gasteiger partial charge in [0.1, 0.15) is 24.0 Å². The van der Waals surface area contributed by atoms with Crippen molar-refractivity contribution in [1.29, 1.82) is 0 Å². The first kappa shape index (κ1) is 23.8. The fraction of sp³-hybridized carbons (Fsp3) is 0.296. The zero-order chi connectivity index (χ0) is 24.9. The summed E-state index contributed by atoms with van der Waals surface area (Å²) in [4.78, 5) is 18.2. The molecule has 0 atom stereocenters. The highest BCUT2D eigenvalue weighted by Gasteiger charge is 2.14. The number of fused-ring (bicyclic) bond motifs is 1. The lowest BCUT2D eigenvalue weighted by molar-refractivity contribution is 0.122. The molecule has 0 spiro atoms. The Morgan fingerprint density at radius 3 is 2.67 bits per heavy atom. The van der Waals surface area contributed by atoms with Gasteiger partial charge in [-0.3, -0.25) is 0 Å². The van der Waals surface area contributed by atoms with Gasteiger partial charge < -0.3 is 30.3 Å². The second-order valence-electron chi connectivity index (χ2n) is 8.94. The minimum absolute atomic E-state index is 0.417. The number of para-hydroxylation sites is 1. The van der Waals surface area contributed by atoms with Gasteiger partial charge in [0.15, 0.2) is 0 Å². The molecule has 186 valence electrons. The van der Waals surface area contributed by atoms with Crippen LogP contribution < -0.4 is 20.7 Å². The minimum atomic E-state index is 0.417. The molecule has 36 heavy (non-hydrogen) atoms. The molecule has 2 aromatic carbocycles. The predicted octanol–water partition coefficient (Wildman–Crippen LogP) is 3.79. The molecule has 0 amide bonds. The normalized spacial score (nSPS) is 13.8. The molecule has 0 aliphatic carbocycles. The molecule has 0 radical (unpaired) electrons. The van der Waals surface area contributed by atoms with Gasteiger partial charge in [-0.15, -0.1) is 0 Å². The summed E-state index contributed by atoms with van der Waals surface area (Å²) in [5.74, 6) is 2.59. The molecule has 1 aliphatic rings. The van der Waals surface area contributed by atoms with Gasteiger partial charge in [-0.2, -0.15) is 4.98 Å². The molecule has 0 bridgehead atoms. The number of benzene rings is 2. The lowest BCUT2D eigenvalue weighted by Gasteiger charge is -2.27. The zero-order valence-electron chi connectivity index (χ0n) is 20.6. The molecule has 2 aromatic heterocycles. The molecule has 1 saturated heterocycles. The van der Waals surface area contributed by atoms with Gasteiger partial charge in [-0.1, -0.05) is 24.3 Å². The van der Waals surface area contributed by atoms with E-state index in [1.54, 1.807) is 6.20 Å². The molecule has 1 aliphatic heterocycles. The third kappa shape index (κ3) is 5.48. The quantitative estimate of drug-likeness (QED) is 0.386. The summed E-state index contributed by atoms with van der Waals surface area (Å²) in [6, 6.07) is 18.0. The third-order valence-corrected chi connectivity index (χ3v) is 6.05. The smallest absolute Gasteiger partial charge is 0.229 e. The number of anilines is 4. The fourth-order valence-electron chi connectivity index (χ4n) is 4.13. The lowest BCUT2D eigenvalue weighted by atomic mass is 10.0. The molecule has 9 nitrogen and oxygen atoms in total. The van der Waals surface area contributed by atoms with Crippen molar-refractivity contribution >= 4 is 34.2 Å². The zero-order valence-corrected chi connectivity index (χ0v) is 20.6.